The van der Waals surface area contributed by atoms with Crippen molar-refractivity contribution in [1.82, 2.24) is 0 Å². The molecule has 0 atom stereocenters. The van der Waals surface area contributed by atoms with Gasteiger partial charge in [-0.3, -0.25) is 0 Å². The summed E-state index contributed by atoms with van der Waals surface area (Å²) in [4.78, 5) is 13.1. The van der Waals surface area contributed by atoms with Gasteiger partial charge in [-0.25, -0.2) is 4.79 Å². The van der Waals surface area contributed by atoms with E-state index < -0.39 is 5.97 Å². The molecule has 0 spiro atoms. The number of nitrogens with zero attached hydrogens (tertiary/aromatic N) is 1. The molecule has 0 saturated heterocycles. The minimum atomic E-state index is -0.865. The number of hydrogen-bond acceptors (Lipinski definition) is 2. The van der Waals surface area contributed by atoms with E-state index in [0.717, 1.165) is 22.3 Å². The molecule has 0 radical (unpaired) electrons. The van der Waals surface area contributed by atoms with E-state index >= 15 is 0 Å². The SMILES string of the molecule is O=C(O)c1cc(I)ccc1N1CC=CC1. The first-order chi connectivity index (χ1) is 7.18. The Bertz CT molecular complexity index is 421. The average molecular weight is 315 g/mol. The predicted octanol–water partition coefficient (Wildman–Crippen LogP) is 2.37. The highest BCUT2D eigenvalue weighted by atomic mass is 127. The van der Waals surface area contributed by atoms with Gasteiger partial charge in [-0.05, 0) is 40.8 Å². The Morgan fingerprint density at radius 3 is 2.60 bits per heavy atom. The second-order valence-corrected chi connectivity index (χ2v) is 4.59. The van der Waals surface area contributed by atoms with Crippen molar-refractivity contribution in [3.8, 4) is 0 Å². The minimum absolute atomic E-state index is 0.380. The summed E-state index contributed by atoms with van der Waals surface area (Å²) in [5, 5.41) is 9.10. The van der Waals surface area contributed by atoms with Crippen LogP contribution in [0.5, 0.6) is 0 Å². The summed E-state index contributed by atoms with van der Waals surface area (Å²) in [7, 11) is 0. The fourth-order valence-electron chi connectivity index (χ4n) is 1.63. The van der Waals surface area contributed by atoms with Gasteiger partial charge in [0.05, 0.1) is 11.3 Å². The van der Waals surface area contributed by atoms with Crippen molar-refractivity contribution in [1.29, 1.82) is 0 Å². The summed E-state index contributed by atoms with van der Waals surface area (Å²) in [5.41, 5.74) is 1.18. The molecule has 1 aliphatic heterocycles. The van der Waals surface area contributed by atoms with Crippen LogP contribution in [0, 0.1) is 3.57 Å². The normalized spacial score (nSPS) is 14.6. The van der Waals surface area contributed by atoms with Gasteiger partial charge in [-0.2, -0.15) is 0 Å². The summed E-state index contributed by atoms with van der Waals surface area (Å²) < 4.78 is 0.945. The van der Waals surface area contributed by atoms with Crippen LogP contribution in [0.15, 0.2) is 30.4 Å². The van der Waals surface area contributed by atoms with E-state index in [2.05, 4.69) is 22.6 Å². The molecule has 1 aromatic rings. The van der Waals surface area contributed by atoms with E-state index in [0.29, 0.717) is 5.56 Å². The summed E-state index contributed by atoms with van der Waals surface area (Å²) in [5.74, 6) is -0.865. The van der Waals surface area contributed by atoms with Crippen molar-refractivity contribution in [3.63, 3.8) is 0 Å². The standard InChI is InChI=1S/C11H10INO2/c12-8-3-4-10(9(7-8)11(14)15)13-5-1-2-6-13/h1-4,7H,5-6H2,(H,14,15). The number of carbonyl (C=O) groups is 1. The summed E-state index contributed by atoms with van der Waals surface area (Å²) in [6.07, 6.45) is 4.09. The molecule has 1 N–H and O–H groups in total. The van der Waals surface area contributed by atoms with E-state index in [9.17, 15) is 4.79 Å². The smallest absolute Gasteiger partial charge is 0.337 e. The lowest BCUT2D eigenvalue weighted by atomic mass is 10.1. The molecule has 78 valence electrons. The lowest BCUT2D eigenvalue weighted by Gasteiger charge is -2.19. The fourth-order valence-corrected chi connectivity index (χ4v) is 2.12. The van der Waals surface area contributed by atoms with E-state index in [1.807, 2.05) is 29.2 Å². The minimum Gasteiger partial charge on any atom is -0.478 e. The van der Waals surface area contributed by atoms with Crippen LogP contribution in [0.2, 0.25) is 0 Å². The van der Waals surface area contributed by atoms with Gasteiger partial charge in [0.25, 0.3) is 0 Å². The van der Waals surface area contributed by atoms with Gasteiger partial charge in [0.15, 0.2) is 0 Å². The van der Waals surface area contributed by atoms with Gasteiger partial charge in [0, 0.05) is 16.7 Å². The van der Waals surface area contributed by atoms with Gasteiger partial charge in [0.2, 0.25) is 0 Å². The first-order valence-electron chi connectivity index (χ1n) is 4.61. The number of aromatic carboxylic acids is 1. The Balaban J connectivity index is 2.41. The molecule has 0 saturated carbocycles. The van der Waals surface area contributed by atoms with Crippen LogP contribution in [-0.2, 0) is 0 Å². The zero-order chi connectivity index (χ0) is 10.8. The fraction of sp³-hybridized carbons (Fsp3) is 0.182. The van der Waals surface area contributed by atoms with Gasteiger partial charge in [-0.15, -0.1) is 0 Å². The highest BCUT2D eigenvalue weighted by molar-refractivity contribution is 14.1. The quantitative estimate of drug-likeness (QED) is 0.673. The molecule has 3 nitrogen and oxygen atoms in total. The lowest BCUT2D eigenvalue weighted by Crippen LogP contribution is -2.21. The third-order valence-electron chi connectivity index (χ3n) is 2.35. The maximum Gasteiger partial charge on any atom is 0.337 e. The van der Waals surface area contributed by atoms with Crippen LogP contribution >= 0.6 is 22.6 Å². The highest BCUT2D eigenvalue weighted by Gasteiger charge is 2.16. The van der Waals surface area contributed by atoms with Gasteiger partial charge in [0.1, 0.15) is 0 Å². The van der Waals surface area contributed by atoms with Crippen LogP contribution in [0.1, 0.15) is 10.4 Å². The molecule has 0 fully saturated rings. The third kappa shape index (κ3) is 2.14. The number of halogens is 1. The number of carboxylic acid groups (broad SMARTS) is 1. The molecule has 1 aliphatic rings. The molecule has 0 unspecified atom stereocenters. The lowest BCUT2D eigenvalue weighted by molar-refractivity contribution is 0.0697. The molecule has 2 rings (SSSR count). The first kappa shape index (κ1) is 10.5. The Morgan fingerprint density at radius 1 is 1.33 bits per heavy atom. The number of anilines is 1. The topological polar surface area (TPSA) is 40.5 Å². The van der Waals surface area contributed by atoms with Crippen LogP contribution in [0.3, 0.4) is 0 Å². The molecule has 1 heterocycles. The molecule has 0 amide bonds. The zero-order valence-electron chi connectivity index (χ0n) is 7.98. The van der Waals surface area contributed by atoms with Crippen molar-refractivity contribution < 1.29 is 9.90 Å². The van der Waals surface area contributed by atoms with Crippen molar-refractivity contribution >= 4 is 34.2 Å². The second kappa shape index (κ2) is 4.22. The molecule has 4 heteroatoms. The van der Waals surface area contributed by atoms with Crippen LogP contribution in [0.25, 0.3) is 0 Å². The average Bonchev–Trinajstić information content (AvgIpc) is 2.70. The molecular formula is C11H10INO2. The molecule has 1 aromatic carbocycles. The largest absolute Gasteiger partial charge is 0.478 e. The molecule has 15 heavy (non-hydrogen) atoms. The Hall–Kier alpha value is -1.04. The van der Waals surface area contributed by atoms with Gasteiger partial charge >= 0.3 is 5.97 Å². The van der Waals surface area contributed by atoms with Crippen LogP contribution in [0.4, 0.5) is 5.69 Å². The second-order valence-electron chi connectivity index (χ2n) is 3.34. The third-order valence-corrected chi connectivity index (χ3v) is 3.02. The molecular weight excluding hydrogens is 305 g/mol. The monoisotopic (exact) mass is 315 g/mol. The summed E-state index contributed by atoms with van der Waals surface area (Å²) in [6.45, 7) is 1.59. The van der Waals surface area contributed by atoms with E-state index in [1.54, 1.807) is 6.07 Å². The van der Waals surface area contributed by atoms with Crippen molar-refractivity contribution in [2.45, 2.75) is 0 Å². The number of benzene rings is 1. The maximum atomic E-state index is 11.1. The first-order valence-corrected chi connectivity index (χ1v) is 5.69. The van der Waals surface area contributed by atoms with E-state index in [4.69, 9.17) is 5.11 Å². The van der Waals surface area contributed by atoms with Gasteiger partial charge < -0.3 is 10.0 Å². The van der Waals surface area contributed by atoms with E-state index in [-0.39, 0.29) is 0 Å². The highest BCUT2D eigenvalue weighted by Crippen LogP contribution is 2.24. The van der Waals surface area contributed by atoms with Crippen LogP contribution in [-0.4, -0.2) is 24.2 Å². The van der Waals surface area contributed by atoms with Crippen molar-refractivity contribution in [2.24, 2.45) is 0 Å². The number of hydrogen-bond donors (Lipinski definition) is 1. The maximum absolute atomic E-state index is 11.1. The Labute approximate surface area is 102 Å². The zero-order valence-corrected chi connectivity index (χ0v) is 10.1. The molecule has 0 bridgehead atoms. The summed E-state index contributed by atoms with van der Waals surface area (Å²) >= 11 is 2.12. The predicted molar refractivity (Wildman–Crippen MR) is 67.5 cm³/mol. The van der Waals surface area contributed by atoms with Crippen molar-refractivity contribution in [3.05, 3.63) is 39.5 Å². The molecule has 0 aromatic heterocycles. The summed E-state index contributed by atoms with van der Waals surface area (Å²) in [6, 6.07) is 5.51. The Kier molecular flexibility index (Phi) is 2.95. The van der Waals surface area contributed by atoms with Crippen molar-refractivity contribution in [2.75, 3.05) is 18.0 Å². The number of carboxylic acids is 1. The van der Waals surface area contributed by atoms with Gasteiger partial charge in [-0.1, -0.05) is 12.2 Å². The molecule has 0 aliphatic carbocycles. The van der Waals surface area contributed by atoms with Crippen LogP contribution < -0.4 is 4.90 Å². The van der Waals surface area contributed by atoms with E-state index in [1.165, 1.54) is 0 Å². The Morgan fingerprint density at radius 2 is 2.00 bits per heavy atom. The number of rotatable bonds is 2.